The largest absolute Gasteiger partial charge is 0.494 e. The first-order valence-electron chi connectivity index (χ1n) is 11.8. The number of para-hydroxylation sites is 1. The summed E-state index contributed by atoms with van der Waals surface area (Å²) < 4.78 is 46.9. The van der Waals surface area contributed by atoms with Gasteiger partial charge in [0.25, 0.3) is 0 Å². The van der Waals surface area contributed by atoms with E-state index in [-0.39, 0.29) is 0 Å². The van der Waals surface area contributed by atoms with Crippen molar-refractivity contribution < 1.29 is 22.6 Å². The van der Waals surface area contributed by atoms with E-state index in [0.29, 0.717) is 40.0 Å². The molecule has 1 aromatic carbocycles. The number of sulfonamides is 1. The Bertz CT molecular complexity index is 1390. The number of pyridine rings is 1. The summed E-state index contributed by atoms with van der Waals surface area (Å²) in [5.41, 5.74) is 6.09. The number of anilines is 1. The molecule has 0 saturated carbocycles. The zero-order chi connectivity index (χ0) is 27.4. The van der Waals surface area contributed by atoms with Crippen LogP contribution in [0.1, 0.15) is 35.5 Å². The number of hydrazone groups is 1. The van der Waals surface area contributed by atoms with Crippen molar-refractivity contribution >= 4 is 21.5 Å². The van der Waals surface area contributed by atoms with Gasteiger partial charge in [0.05, 0.1) is 31.8 Å². The van der Waals surface area contributed by atoms with Crippen molar-refractivity contribution in [2.75, 3.05) is 26.2 Å². The van der Waals surface area contributed by atoms with E-state index in [1.807, 2.05) is 13.0 Å². The topological polar surface area (TPSA) is 140 Å². The summed E-state index contributed by atoms with van der Waals surface area (Å²) in [6.45, 7) is 5.26. The van der Waals surface area contributed by atoms with Crippen LogP contribution < -0.4 is 24.5 Å². The molecule has 12 nitrogen and oxygen atoms in total. The van der Waals surface area contributed by atoms with E-state index in [1.165, 1.54) is 27.5 Å². The molecule has 0 amide bonds. The first-order chi connectivity index (χ1) is 18.2. The molecule has 0 fully saturated rings. The molecule has 1 aliphatic heterocycles. The van der Waals surface area contributed by atoms with Crippen molar-refractivity contribution in [2.45, 2.75) is 38.4 Å². The highest BCUT2D eigenvalue weighted by Gasteiger charge is 2.40. The fourth-order valence-electron chi connectivity index (χ4n) is 4.15. The Labute approximate surface area is 222 Å². The zero-order valence-electron chi connectivity index (χ0n) is 22.0. The van der Waals surface area contributed by atoms with Gasteiger partial charge in [-0.2, -0.15) is 9.82 Å². The van der Waals surface area contributed by atoms with E-state index in [1.54, 1.807) is 55.5 Å². The number of methoxy groups -OCH3 is 3. The molecule has 0 saturated heterocycles. The molecule has 0 radical (unpaired) electrons. The summed E-state index contributed by atoms with van der Waals surface area (Å²) in [5.74, 6) is 1.35. The molecule has 38 heavy (non-hydrogen) atoms. The molecule has 3 aromatic rings. The quantitative estimate of drug-likeness (QED) is 0.393. The summed E-state index contributed by atoms with van der Waals surface area (Å²) in [6.07, 6.45) is 4.57. The van der Waals surface area contributed by atoms with Crippen LogP contribution in [0.2, 0.25) is 0 Å². The van der Waals surface area contributed by atoms with Crippen LogP contribution >= 0.6 is 0 Å². The Morgan fingerprint density at radius 1 is 1.03 bits per heavy atom. The average Bonchev–Trinajstić information content (AvgIpc) is 3.31. The minimum atomic E-state index is -4.02. The summed E-state index contributed by atoms with van der Waals surface area (Å²) in [4.78, 5) is 14.5. The van der Waals surface area contributed by atoms with Gasteiger partial charge in [0.15, 0.2) is 12.1 Å². The van der Waals surface area contributed by atoms with Crippen molar-refractivity contribution in [2.24, 2.45) is 5.10 Å². The predicted octanol–water partition coefficient (Wildman–Crippen LogP) is 2.26. The van der Waals surface area contributed by atoms with Crippen molar-refractivity contribution in [1.29, 1.82) is 0 Å². The SMILES string of the molecule is COc1cccc(OC)c1N1C(c2cncc(C)c2)=NNC1NS(=O)(=O)[C@H](C)[C@@H](OC)c1cnc(C)cn1. The predicted molar refractivity (Wildman–Crippen MR) is 142 cm³/mol. The number of nitrogens with zero attached hydrogens (tertiary/aromatic N) is 5. The summed E-state index contributed by atoms with van der Waals surface area (Å²) in [7, 11) is 0.465. The van der Waals surface area contributed by atoms with E-state index >= 15 is 0 Å². The summed E-state index contributed by atoms with van der Waals surface area (Å²) in [6, 6.07) is 7.20. The standard InChI is InChI=1S/C25H31N7O5S/c1-15-10-18(13-26-11-15)24-29-30-25(32(24)22-20(35-4)8-7-9-21(22)36-5)31-38(33,34)17(3)23(37-6)19-14-27-16(2)12-28-19/h7-14,17,23,25,30-31H,1-6H3/t17-,23-,25?/m1/s1. The zero-order valence-corrected chi connectivity index (χ0v) is 22.9. The second-order valence-electron chi connectivity index (χ2n) is 8.71. The lowest BCUT2D eigenvalue weighted by Crippen LogP contribution is -2.55. The van der Waals surface area contributed by atoms with Gasteiger partial charge in [0.1, 0.15) is 28.5 Å². The van der Waals surface area contributed by atoms with Gasteiger partial charge in [0, 0.05) is 31.3 Å². The van der Waals surface area contributed by atoms with Crippen LogP contribution in [0.4, 0.5) is 5.69 Å². The molecule has 3 heterocycles. The van der Waals surface area contributed by atoms with E-state index in [2.05, 4.69) is 30.2 Å². The third-order valence-corrected chi connectivity index (χ3v) is 7.87. The van der Waals surface area contributed by atoms with Crippen LogP contribution in [0.5, 0.6) is 11.5 Å². The first kappa shape index (κ1) is 27.2. The molecule has 2 aromatic heterocycles. The molecule has 3 atom stereocenters. The fourth-order valence-corrected chi connectivity index (χ4v) is 5.41. The van der Waals surface area contributed by atoms with E-state index in [0.717, 1.165) is 5.56 Å². The van der Waals surface area contributed by atoms with Crippen LogP contribution in [0.3, 0.4) is 0 Å². The molecular formula is C25H31N7O5S. The highest BCUT2D eigenvalue weighted by Crippen LogP contribution is 2.40. The van der Waals surface area contributed by atoms with Gasteiger partial charge >= 0.3 is 0 Å². The van der Waals surface area contributed by atoms with Gasteiger partial charge < -0.3 is 14.2 Å². The number of hydrogen-bond donors (Lipinski definition) is 2. The normalized spacial score (nSPS) is 16.9. The Kier molecular flexibility index (Phi) is 8.09. The number of benzene rings is 1. The van der Waals surface area contributed by atoms with Crippen molar-refractivity contribution in [3.05, 3.63) is 71.6 Å². The molecule has 202 valence electrons. The average molecular weight is 542 g/mol. The maximum absolute atomic E-state index is 13.7. The second-order valence-corrected chi connectivity index (χ2v) is 10.8. The molecule has 0 spiro atoms. The highest BCUT2D eigenvalue weighted by atomic mass is 32.2. The van der Waals surface area contributed by atoms with E-state index in [4.69, 9.17) is 14.2 Å². The van der Waals surface area contributed by atoms with Gasteiger partial charge in [-0.3, -0.25) is 25.3 Å². The van der Waals surface area contributed by atoms with Gasteiger partial charge in [-0.15, -0.1) is 0 Å². The minimum absolute atomic E-state index is 0.404. The molecule has 1 unspecified atom stereocenters. The smallest absolute Gasteiger partial charge is 0.220 e. The first-order valence-corrected chi connectivity index (χ1v) is 13.3. The number of hydrogen-bond acceptors (Lipinski definition) is 11. The molecule has 13 heteroatoms. The molecule has 2 N–H and O–H groups in total. The maximum atomic E-state index is 13.7. The Hall–Kier alpha value is -3.81. The number of nitrogens with one attached hydrogen (secondary N) is 2. The van der Waals surface area contributed by atoms with Gasteiger partial charge in [-0.05, 0) is 44.5 Å². The lowest BCUT2D eigenvalue weighted by atomic mass is 10.1. The third-order valence-electron chi connectivity index (χ3n) is 6.09. The Morgan fingerprint density at radius 3 is 2.32 bits per heavy atom. The summed E-state index contributed by atoms with van der Waals surface area (Å²) in [5, 5.41) is 3.44. The van der Waals surface area contributed by atoms with Crippen LogP contribution in [-0.4, -0.2) is 62.1 Å². The second kappa shape index (κ2) is 11.3. The van der Waals surface area contributed by atoms with Gasteiger partial charge in [-0.1, -0.05) is 6.07 Å². The monoisotopic (exact) mass is 541 g/mol. The van der Waals surface area contributed by atoms with Gasteiger partial charge in [-0.25, -0.2) is 8.42 Å². The number of amidine groups is 1. The molecule has 0 aliphatic carbocycles. The maximum Gasteiger partial charge on any atom is 0.220 e. The molecular weight excluding hydrogens is 510 g/mol. The number of aromatic nitrogens is 3. The van der Waals surface area contributed by atoms with Crippen LogP contribution in [0, 0.1) is 13.8 Å². The summed E-state index contributed by atoms with van der Waals surface area (Å²) >= 11 is 0. The number of aryl methyl sites for hydroxylation is 2. The number of rotatable bonds is 10. The minimum Gasteiger partial charge on any atom is -0.494 e. The molecule has 1 aliphatic rings. The number of ether oxygens (including phenoxy) is 3. The van der Waals surface area contributed by atoms with Crippen molar-refractivity contribution in [3.63, 3.8) is 0 Å². The van der Waals surface area contributed by atoms with Crippen LogP contribution in [0.25, 0.3) is 0 Å². The van der Waals surface area contributed by atoms with Crippen molar-refractivity contribution in [1.82, 2.24) is 25.1 Å². The Balaban J connectivity index is 1.74. The fraction of sp³-hybridized carbons (Fsp3) is 0.360. The lowest BCUT2D eigenvalue weighted by Gasteiger charge is -2.31. The lowest BCUT2D eigenvalue weighted by molar-refractivity contribution is 0.0979. The highest BCUT2D eigenvalue weighted by molar-refractivity contribution is 7.90. The van der Waals surface area contributed by atoms with Crippen LogP contribution in [0.15, 0.2) is 54.2 Å². The van der Waals surface area contributed by atoms with E-state index in [9.17, 15) is 8.42 Å². The van der Waals surface area contributed by atoms with Crippen LogP contribution in [-0.2, 0) is 14.8 Å². The van der Waals surface area contributed by atoms with E-state index < -0.39 is 27.7 Å². The Morgan fingerprint density at radius 2 is 1.74 bits per heavy atom. The van der Waals surface area contributed by atoms with Crippen molar-refractivity contribution in [3.8, 4) is 11.5 Å². The molecule has 4 rings (SSSR count). The van der Waals surface area contributed by atoms with Gasteiger partial charge in [0.2, 0.25) is 10.0 Å². The molecule has 0 bridgehead atoms. The third kappa shape index (κ3) is 5.39.